The first-order chi connectivity index (χ1) is 15.0. The number of halogens is 3. The average Bonchev–Trinajstić information content (AvgIpc) is 2.74. The highest BCUT2D eigenvalue weighted by atomic mass is 32.2. The number of benzene rings is 3. The number of carboxylic acid groups (broad SMARTS) is 1. The lowest BCUT2D eigenvalue weighted by atomic mass is 10.1. The molecule has 0 spiro atoms. The van der Waals surface area contributed by atoms with Crippen LogP contribution in [0.25, 0.3) is 0 Å². The van der Waals surface area contributed by atoms with Gasteiger partial charge in [-0.1, -0.05) is 36.4 Å². The van der Waals surface area contributed by atoms with Crippen LogP contribution in [0.3, 0.4) is 0 Å². The molecule has 32 heavy (non-hydrogen) atoms. The molecule has 168 valence electrons. The third-order valence-corrected chi connectivity index (χ3v) is 6.15. The highest BCUT2D eigenvalue weighted by Crippen LogP contribution is 2.30. The lowest BCUT2D eigenvalue weighted by Gasteiger charge is -2.24. The summed E-state index contributed by atoms with van der Waals surface area (Å²) < 4.78 is 65.5. The van der Waals surface area contributed by atoms with Gasteiger partial charge >= 0.3 is 12.1 Å². The van der Waals surface area contributed by atoms with E-state index in [-0.39, 0.29) is 22.8 Å². The van der Waals surface area contributed by atoms with E-state index in [4.69, 9.17) is 4.84 Å². The lowest BCUT2D eigenvalue weighted by molar-refractivity contribution is -0.137. The zero-order chi connectivity index (χ0) is 23.5. The highest BCUT2D eigenvalue weighted by molar-refractivity contribution is 7.92. The number of nitrogens with zero attached hydrogens (tertiary/aromatic N) is 1. The minimum atomic E-state index is -4.49. The second-order valence-corrected chi connectivity index (χ2v) is 8.57. The standard InChI is InChI=1S/C22H18F3NO5S/c1-15-7-12-19(13-20(15)21(27)28)32(29,30)26(18-5-3-2-4-6-18)31-14-16-8-10-17(11-9-16)22(23,24)25/h2-13H,14H2,1H3,(H,27,28). The fourth-order valence-corrected chi connectivity index (χ4v) is 4.13. The SMILES string of the molecule is Cc1ccc(S(=O)(=O)N(OCc2ccc(C(F)(F)F)cc2)c2ccccc2)cc1C(=O)O. The molecule has 0 unspecified atom stereocenters. The van der Waals surface area contributed by atoms with Crippen molar-refractivity contribution in [3.63, 3.8) is 0 Å². The van der Waals surface area contributed by atoms with Crippen molar-refractivity contribution in [3.05, 3.63) is 95.1 Å². The number of carbonyl (C=O) groups is 1. The van der Waals surface area contributed by atoms with Gasteiger partial charge in [0.15, 0.2) is 0 Å². The number of hydrogen-bond acceptors (Lipinski definition) is 4. The Morgan fingerprint density at radius 3 is 2.19 bits per heavy atom. The minimum absolute atomic E-state index is 0.136. The van der Waals surface area contributed by atoms with E-state index in [1.807, 2.05) is 0 Å². The van der Waals surface area contributed by atoms with Gasteiger partial charge in [-0.25, -0.2) is 4.79 Å². The number of para-hydroxylation sites is 1. The minimum Gasteiger partial charge on any atom is -0.478 e. The first kappa shape index (κ1) is 23.3. The van der Waals surface area contributed by atoms with Crippen LogP contribution in [0.15, 0.2) is 77.7 Å². The molecule has 3 rings (SSSR count). The van der Waals surface area contributed by atoms with E-state index in [2.05, 4.69) is 0 Å². The molecule has 0 aliphatic heterocycles. The van der Waals surface area contributed by atoms with Gasteiger partial charge < -0.3 is 5.11 Å². The van der Waals surface area contributed by atoms with Crippen LogP contribution in [0.1, 0.15) is 27.0 Å². The maximum absolute atomic E-state index is 13.3. The summed E-state index contributed by atoms with van der Waals surface area (Å²) in [5.41, 5.74) is -0.189. The quantitative estimate of drug-likeness (QED) is 0.495. The van der Waals surface area contributed by atoms with E-state index in [0.717, 1.165) is 18.2 Å². The van der Waals surface area contributed by atoms with Gasteiger partial charge in [0, 0.05) is 0 Å². The smallest absolute Gasteiger partial charge is 0.416 e. The second kappa shape index (κ2) is 9.01. The van der Waals surface area contributed by atoms with Gasteiger partial charge in [0.25, 0.3) is 10.0 Å². The van der Waals surface area contributed by atoms with Crippen LogP contribution < -0.4 is 4.47 Å². The van der Waals surface area contributed by atoms with Crippen LogP contribution in [0.5, 0.6) is 0 Å². The molecule has 0 fully saturated rings. The summed E-state index contributed by atoms with van der Waals surface area (Å²) in [4.78, 5) is 16.6. The van der Waals surface area contributed by atoms with Crippen molar-refractivity contribution < 1.29 is 36.3 Å². The Morgan fingerprint density at radius 1 is 1.00 bits per heavy atom. The molecule has 3 aromatic rings. The Labute approximate surface area is 182 Å². The van der Waals surface area contributed by atoms with Gasteiger partial charge in [0.1, 0.15) is 6.61 Å². The van der Waals surface area contributed by atoms with E-state index >= 15 is 0 Å². The predicted octanol–water partition coefficient (Wildman–Crippen LogP) is 5.04. The van der Waals surface area contributed by atoms with Crippen molar-refractivity contribution in [3.8, 4) is 0 Å². The van der Waals surface area contributed by atoms with Crippen LogP contribution >= 0.6 is 0 Å². The van der Waals surface area contributed by atoms with Crippen LogP contribution in [-0.2, 0) is 27.6 Å². The summed E-state index contributed by atoms with van der Waals surface area (Å²) in [5.74, 6) is -1.28. The molecule has 0 amide bonds. The predicted molar refractivity (Wildman–Crippen MR) is 110 cm³/mol. The summed E-state index contributed by atoms with van der Waals surface area (Å²) in [5, 5.41) is 9.32. The normalized spacial score (nSPS) is 11.9. The molecular formula is C22H18F3NO5S. The summed E-state index contributed by atoms with van der Waals surface area (Å²) >= 11 is 0. The molecule has 0 radical (unpaired) electrons. The fraction of sp³-hybridized carbons (Fsp3) is 0.136. The van der Waals surface area contributed by atoms with Gasteiger partial charge in [-0.05, 0) is 54.4 Å². The third-order valence-electron chi connectivity index (χ3n) is 4.55. The molecule has 1 N–H and O–H groups in total. The number of aromatic carboxylic acids is 1. The van der Waals surface area contributed by atoms with Crippen LogP contribution in [-0.4, -0.2) is 19.5 Å². The Bertz CT molecular complexity index is 1210. The molecule has 6 nitrogen and oxygen atoms in total. The second-order valence-electron chi connectivity index (χ2n) is 6.82. The van der Waals surface area contributed by atoms with Gasteiger partial charge in [-0.15, -0.1) is 4.47 Å². The molecule has 0 bridgehead atoms. The van der Waals surface area contributed by atoms with Crippen molar-refractivity contribution in [1.29, 1.82) is 0 Å². The van der Waals surface area contributed by atoms with Gasteiger partial charge in [0.05, 0.1) is 21.7 Å². The van der Waals surface area contributed by atoms with E-state index in [0.29, 0.717) is 15.6 Å². The molecule has 0 saturated carbocycles. The third kappa shape index (κ3) is 5.09. The molecule has 0 heterocycles. The molecule has 0 saturated heterocycles. The molecule has 3 aromatic carbocycles. The summed E-state index contributed by atoms with van der Waals surface area (Å²) in [6, 6.07) is 15.5. The average molecular weight is 465 g/mol. The maximum atomic E-state index is 13.3. The number of alkyl halides is 3. The number of carboxylic acids is 1. The fourth-order valence-electron chi connectivity index (χ4n) is 2.84. The van der Waals surface area contributed by atoms with Crippen molar-refractivity contribution in [2.45, 2.75) is 24.6 Å². The number of anilines is 1. The van der Waals surface area contributed by atoms with Crippen molar-refractivity contribution in [2.75, 3.05) is 4.47 Å². The number of hydrogen-bond donors (Lipinski definition) is 1. The molecule has 0 aliphatic carbocycles. The van der Waals surface area contributed by atoms with Crippen LogP contribution in [0.2, 0.25) is 0 Å². The van der Waals surface area contributed by atoms with Crippen LogP contribution in [0.4, 0.5) is 18.9 Å². The molecule has 10 heteroatoms. The maximum Gasteiger partial charge on any atom is 0.416 e. The van der Waals surface area contributed by atoms with Crippen molar-refractivity contribution in [1.82, 2.24) is 0 Å². The summed E-state index contributed by atoms with van der Waals surface area (Å²) in [7, 11) is -4.36. The number of rotatable bonds is 7. The first-order valence-corrected chi connectivity index (χ1v) is 10.7. The molecule has 0 atom stereocenters. The van der Waals surface area contributed by atoms with E-state index in [9.17, 15) is 31.5 Å². The largest absolute Gasteiger partial charge is 0.478 e. The Hall–Kier alpha value is -3.37. The molecular weight excluding hydrogens is 447 g/mol. The number of sulfonamides is 1. The summed E-state index contributed by atoms with van der Waals surface area (Å²) in [6.07, 6.45) is -4.49. The van der Waals surface area contributed by atoms with E-state index in [1.165, 1.54) is 43.3 Å². The van der Waals surface area contributed by atoms with Crippen LogP contribution in [0, 0.1) is 6.92 Å². The van der Waals surface area contributed by atoms with Gasteiger partial charge in [-0.3, -0.25) is 4.84 Å². The van der Waals surface area contributed by atoms with E-state index in [1.54, 1.807) is 18.2 Å². The zero-order valence-corrected chi connectivity index (χ0v) is 17.5. The molecule has 0 aromatic heterocycles. The van der Waals surface area contributed by atoms with Gasteiger partial charge in [-0.2, -0.15) is 21.6 Å². The number of aryl methyl sites for hydroxylation is 1. The van der Waals surface area contributed by atoms with E-state index < -0.39 is 27.7 Å². The Morgan fingerprint density at radius 2 is 1.62 bits per heavy atom. The van der Waals surface area contributed by atoms with Crippen molar-refractivity contribution in [2.24, 2.45) is 0 Å². The topological polar surface area (TPSA) is 83.9 Å². The summed E-state index contributed by atoms with van der Waals surface area (Å²) in [6.45, 7) is 1.19. The van der Waals surface area contributed by atoms with Crippen molar-refractivity contribution >= 4 is 21.7 Å². The Balaban J connectivity index is 1.95. The monoisotopic (exact) mass is 465 g/mol. The lowest BCUT2D eigenvalue weighted by Crippen LogP contribution is -2.31. The zero-order valence-electron chi connectivity index (χ0n) is 16.7. The highest BCUT2D eigenvalue weighted by Gasteiger charge is 2.30. The molecule has 0 aliphatic rings. The Kier molecular flexibility index (Phi) is 6.56. The van der Waals surface area contributed by atoms with Gasteiger partial charge in [0.2, 0.25) is 0 Å². The first-order valence-electron chi connectivity index (χ1n) is 9.23.